The van der Waals surface area contributed by atoms with Crippen LogP contribution in [-0.4, -0.2) is 9.38 Å². The fourth-order valence-electron chi connectivity index (χ4n) is 4.18. The van der Waals surface area contributed by atoms with Crippen LogP contribution in [-0.2, 0) is 7.05 Å². The highest BCUT2D eigenvalue weighted by Crippen LogP contribution is 2.33. The highest BCUT2D eigenvalue weighted by Gasteiger charge is 2.24. The zero-order valence-electron chi connectivity index (χ0n) is 15.6. The minimum atomic E-state index is 0.492. The van der Waals surface area contributed by atoms with Crippen molar-refractivity contribution < 1.29 is 4.57 Å². The van der Waals surface area contributed by atoms with Crippen molar-refractivity contribution in [1.82, 2.24) is 9.38 Å². The summed E-state index contributed by atoms with van der Waals surface area (Å²) < 4.78 is 4.71. The summed E-state index contributed by atoms with van der Waals surface area (Å²) >= 11 is 0. The lowest BCUT2D eigenvalue weighted by Gasteiger charge is -2.09. The van der Waals surface area contributed by atoms with Crippen molar-refractivity contribution in [3.63, 3.8) is 0 Å². The topological polar surface area (TPSA) is 21.2 Å². The van der Waals surface area contributed by atoms with Gasteiger partial charge in [0.05, 0.1) is 18.0 Å². The average molecular weight is 340 g/mol. The molecule has 0 aliphatic carbocycles. The van der Waals surface area contributed by atoms with Crippen LogP contribution in [0.1, 0.15) is 30.9 Å². The number of para-hydroxylation sites is 2. The van der Waals surface area contributed by atoms with Gasteiger partial charge in [-0.15, -0.1) is 0 Å². The van der Waals surface area contributed by atoms with E-state index in [1.54, 1.807) is 0 Å². The number of benzene rings is 2. The third-order valence-electron chi connectivity index (χ3n) is 5.58. The van der Waals surface area contributed by atoms with E-state index in [0.29, 0.717) is 5.92 Å². The fourth-order valence-corrected chi connectivity index (χ4v) is 4.18. The third-order valence-corrected chi connectivity index (χ3v) is 5.58. The third kappa shape index (κ3) is 1.88. The largest absolute Gasteiger partial charge is 0.297 e. The standard InChI is InChI=1S/C23H22N3/c1-14(2)16-9-10-17-20(13-16)26-19-8-6-5-7-18(19)25(4)23(26)21-15(3)11-12-24-22(17)21/h5-14H,1-4H3/q+1. The van der Waals surface area contributed by atoms with Crippen molar-refractivity contribution in [2.24, 2.45) is 7.05 Å². The van der Waals surface area contributed by atoms with Crippen LogP contribution in [0, 0.1) is 6.92 Å². The highest BCUT2D eigenvalue weighted by atomic mass is 15.1. The van der Waals surface area contributed by atoms with Crippen molar-refractivity contribution in [2.75, 3.05) is 0 Å². The molecule has 26 heavy (non-hydrogen) atoms. The van der Waals surface area contributed by atoms with Gasteiger partial charge < -0.3 is 0 Å². The average Bonchev–Trinajstić information content (AvgIpc) is 2.95. The first-order valence-electron chi connectivity index (χ1n) is 9.18. The monoisotopic (exact) mass is 340 g/mol. The molecule has 3 heteroatoms. The molecule has 3 heterocycles. The predicted molar refractivity (Wildman–Crippen MR) is 108 cm³/mol. The van der Waals surface area contributed by atoms with Crippen LogP contribution in [0.2, 0.25) is 0 Å². The minimum absolute atomic E-state index is 0.492. The van der Waals surface area contributed by atoms with Crippen molar-refractivity contribution in [2.45, 2.75) is 26.7 Å². The predicted octanol–water partition coefficient (Wildman–Crippen LogP) is 5.05. The lowest BCUT2D eigenvalue weighted by Crippen LogP contribution is -2.27. The van der Waals surface area contributed by atoms with E-state index in [2.05, 4.69) is 85.3 Å². The molecule has 0 bridgehead atoms. The SMILES string of the molecule is Cc1ccnc2c3ccc(C(C)C)cc3n3c4ccccc4[n+](C)c3c12. The summed E-state index contributed by atoms with van der Waals surface area (Å²) in [6, 6.07) is 17.6. The first-order valence-corrected chi connectivity index (χ1v) is 9.18. The molecular weight excluding hydrogens is 318 g/mol. The van der Waals surface area contributed by atoms with Gasteiger partial charge in [0.15, 0.2) is 11.0 Å². The normalized spacial score (nSPS) is 12.2. The lowest BCUT2D eigenvalue weighted by atomic mass is 9.99. The van der Waals surface area contributed by atoms with Crippen LogP contribution in [0.3, 0.4) is 0 Å². The van der Waals surface area contributed by atoms with E-state index in [-0.39, 0.29) is 0 Å². The number of aryl methyl sites for hydroxylation is 2. The molecule has 0 atom stereocenters. The molecule has 5 rings (SSSR count). The number of hydrogen-bond acceptors (Lipinski definition) is 1. The van der Waals surface area contributed by atoms with Gasteiger partial charge in [-0.3, -0.25) is 4.98 Å². The summed E-state index contributed by atoms with van der Waals surface area (Å²) in [6.45, 7) is 6.67. The Balaban J connectivity index is 2.20. The maximum atomic E-state index is 4.78. The number of aromatic nitrogens is 3. The smallest absolute Gasteiger partial charge is 0.255 e. The molecule has 3 nitrogen and oxygen atoms in total. The van der Waals surface area contributed by atoms with E-state index in [0.717, 1.165) is 5.52 Å². The van der Waals surface area contributed by atoms with Crippen LogP contribution >= 0.6 is 0 Å². The van der Waals surface area contributed by atoms with Gasteiger partial charge in [-0.2, -0.15) is 4.40 Å². The Hall–Kier alpha value is -2.94. The molecule has 3 aromatic heterocycles. The molecule has 128 valence electrons. The Morgan fingerprint density at radius 2 is 1.81 bits per heavy atom. The van der Waals surface area contributed by atoms with Crippen LogP contribution in [0.15, 0.2) is 54.7 Å². The molecule has 0 aliphatic heterocycles. The van der Waals surface area contributed by atoms with Crippen LogP contribution in [0.5, 0.6) is 0 Å². The maximum Gasteiger partial charge on any atom is 0.297 e. The van der Waals surface area contributed by atoms with E-state index >= 15 is 0 Å². The molecule has 0 saturated heterocycles. The molecule has 0 fully saturated rings. The summed E-state index contributed by atoms with van der Waals surface area (Å²) in [5, 5.41) is 2.44. The zero-order valence-corrected chi connectivity index (χ0v) is 15.6. The summed E-state index contributed by atoms with van der Waals surface area (Å²) in [6.07, 6.45) is 1.92. The van der Waals surface area contributed by atoms with Crippen molar-refractivity contribution in [3.8, 4) is 0 Å². The van der Waals surface area contributed by atoms with Gasteiger partial charge in [-0.25, -0.2) is 4.57 Å². The van der Waals surface area contributed by atoms with Crippen molar-refractivity contribution in [1.29, 1.82) is 0 Å². The minimum Gasteiger partial charge on any atom is -0.255 e. The molecule has 2 aromatic carbocycles. The highest BCUT2D eigenvalue weighted by molar-refractivity contribution is 6.11. The molecule has 0 radical (unpaired) electrons. The number of fused-ring (bicyclic) bond motifs is 8. The molecule has 0 saturated carbocycles. The molecule has 0 spiro atoms. The first-order chi connectivity index (χ1) is 12.6. The summed E-state index contributed by atoms with van der Waals surface area (Å²) in [4.78, 5) is 4.78. The Morgan fingerprint density at radius 3 is 2.62 bits per heavy atom. The van der Waals surface area contributed by atoms with E-state index in [1.807, 2.05) is 6.20 Å². The van der Waals surface area contributed by atoms with Crippen LogP contribution in [0.4, 0.5) is 0 Å². The molecule has 5 aromatic rings. The Labute approximate surface area is 152 Å². The molecule has 0 amide bonds. The second-order valence-corrected chi connectivity index (χ2v) is 7.49. The second-order valence-electron chi connectivity index (χ2n) is 7.49. The van der Waals surface area contributed by atoms with Gasteiger partial charge in [-0.05, 0) is 54.3 Å². The summed E-state index contributed by atoms with van der Waals surface area (Å²) in [5.74, 6) is 0.492. The number of imidazole rings is 1. The Bertz CT molecular complexity index is 1330. The number of nitrogens with zero attached hydrogens (tertiary/aromatic N) is 3. The van der Waals surface area contributed by atoms with Gasteiger partial charge in [0, 0.05) is 11.6 Å². The summed E-state index contributed by atoms with van der Waals surface area (Å²) in [5.41, 5.74) is 8.61. The number of pyridine rings is 2. The summed E-state index contributed by atoms with van der Waals surface area (Å²) in [7, 11) is 2.15. The molecule has 0 aliphatic rings. The second kappa shape index (κ2) is 5.28. The van der Waals surface area contributed by atoms with E-state index in [1.165, 1.54) is 44.1 Å². The van der Waals surface area contributed by atoms with Crippen molar-refractivity contribution >= 4 is 38.5 Å². The molecule has 0 unspecified atom stereocenters. The number of rotatable bonds is 1. The van der Waals surface area contributed by atoms with Crippen LogP contribution < -0.4 is 4.57 Å². The maximum absolute atomic E-state index is 4.78. The van der Waals surface area contributed by atoms with E-state index in [9.17, 15) is 0 Å². The molecule has 0 N–H and O–H groups in total. The van der Waals surface area contributed by atoms with Gasteiger partial charge >= 0.3 is 0 Å². The Kier molecular flexibility index (Phi) is 3.11. The van der Waals surface area contributed by atoms with Gasteiger partial charge in [0.25, 0.3) is 5.65 Å². The Morgan fingerprint density at radius 1 is 1.00 bits per heavy atom. The van der Waals surface area contributed by atoms with Gasteiger partial charge in [0.2, 0.25) is 0 Å². The fraction of sp³-hybridized carbons (Fsp3) is 0.217. The lowest BCUT2D eigenvalue weighted by molar-refractivity contribution is -0.617. The van der Waals surface area contributed by atoms with Gasteiger partial charge in [-0.1, -0.05) is 32.0 Å². The van der Waals surface area contributed by atoms with Crippen molar-refractivity contribution in [3.05, 3.63) is 65.9 Å². The van der Waals surface area contributed by atoms with Crippen LogP contribution in [0.25, 0.3) is 38.5 Å². The first kappa shape index (κ1) is 15.3. The quantitative estimate of drug-likeness (QED) is 0.309. The van der Waals surface area contributed by atoms with Gasteiger partial charge in [0.1, 0.15) is 5.52 Å². The van der Waals surface area contributed by atoms with E-state index in [4.69, 9.17) is 4.98 Å². The zero-order chi connectivity index (χ0) is 18.0. The molecular formula is C23H22N3+. The van der Waals surface area contributed by atoms with E-state index < -0.39 is 0 Å². The number of hydrogen-bond donors (Lipinski definition) is 0.